The Morgan fingerprint density at radius 2 is 1.64 bits per heavy atom. The molecule has 0 aliphatic carbocycles. The van der Waals surface area contributed by atoms with Crippen LogP contribution in [0.25, 0.3) is 11.1 Å². The van der Waals surface area contributed by atoms with Crippen molar-refractivity contribution in [3.8, 4) is 11.1 Å². The Balaban J connectivity index is 1.40. The van der Waals surface area contributed by atoms with Crippen molar-refractivity contribution in [2.45, 2.75) is 12.2 Å². The lowest BCUT2D eigenvalue weighted by atomic mass is 10.0. The van der Waals surface area contributed by atoms with Gasteiger partial charge in [-0.1, -0.05) is 72.3 Å². The molecule has 0 aromatic heterocycles. The minimum absolute atomic E-state index is 0.0167. The Bertz CT molecular complexity index is 895. The zero-order valence-corrected chi connectivity index (χ0v) is 16.9. The van der Waals surface area contributed by atoms with Crippen LogP contribution in [0.3, 0.4) is 0 Å². The second kappa shape index (κ2) is 10.3. The third kappa shape index (κ3) is 5.85. The fraction of sp³-hybridized carbons (Fsp3) is 0.174. The molecule has 1 N–H and O–H groups in total. The van der Waals surface area contributed by atoms with Crippen LogP contribution in [0.5, 0.6) is 0 Å². The smallest absolute Gasteiger partial charge is 0.224 e. The highest BCUT2D eigenvalue weighted by atomic mass is 35.5. The average molecular weight is 414 g/mol. The van der Waals surface area contributed by atoms with Crippen molar-refractivity contribution in [1.82, 2.24) is 5.32 Å². The SMILES string of the molecule is O=C(Cc1ccc(-c2ccccc2)cc1)NCCSCc1c(F)cccc1Cl. The summed E-state index contributed by atoms with van der Waals surface area (Å²) in [5.74, 6) is 0.881. The summed E-state index contributed by atoms with van der Waals surface area (Å²) in [4.78, 5) is 12.1. The molecule has 0 atom stereocenters. The van der Waals surface area contributed by atoms with E-state index in [1.165, 1.54) is 6.07 Å². The van der Waals surface area contributed by atoms with Gasteiger partial charge in [0.05, 0.1) is 6.42 Å². The van der Waals surface area contributed by atoms with Crippen molar-refractivity contribution < 1.29 is 9.18 Å². The maximum atomic E-state index is 13.7. The van der Waals surface area contributed by atoms with Crippen LogP contribution in [-0.2, 0) is 17.0 Å². The van der Waals surface area contributed by atoms with Crippen LogP contribution in [0, 0.1) is 5.82 Å². The van der Waals surface area contributed by atoms with E-state index >= 15 is 0 Å². The highest BCUT2D eigenvalue weighted by Crippen LogP contribution is 2.23. The molecule has 3 rings (SSSR count). The first-order valence-electron chi connectivity index (χ1n) is 9.05. The highest BCUT2D eigenvalue weighted by Gasteiger charge is 2.07. The number of thioether (sulfide) groups is 1. The highest BCUT2D eigenvalue weighted by molar-refractivity contribution is 7.98. The van der Waals surface area contributed by atoms with Gasteiger partial charge in [-0.15, -0.1) is 0 Å². The first-order valence-corrected chi connectivity index (χ1v) is 10.6. The second-order valence-corrected chi connectivity index (χ2v) is 7.85. The van der Waals surface area contributed by atoms with Crippen molar-refractivity contribution >= 4 is 29.3 Å². The average Bonchev–Trinajstić information content (AvgIpc) is 2.71. The zero-order chi connectivity index (χ0) is 19.8. The molecule has 1 amide bonds. The predicted molar refractivity (Wildman–Crippen MR) is 116 cm³/mol. The number of rotatable bonds is 8. The van der Waals surface area contributed by atoms with Gasteiger partial charge < -0.3 is 5.32 Å². The molecule has 28 heavy (non-hydrogen) atoms. The van der Waals surface area contributed by atoms with E-state index in [0.29, 0.717) is 35.1 Å². The van der Waals surface area contributed by atoms with Crippen LogP contribution in [-0.4, -0.2) is 18.2 Å². The van der Waals surface area contributed by atoms with Crippen molar-refractivity contribution in [3.63, 3.8) is 0 Å². The number of nitrogens with one attached hydrogen (secondary N) is 1. The molecule has 0 spiro atoms. The summed E-state index contributed by atoms with van der Waals surface area (Å²) in [6.45, 7) is 0.539. The molecule has 0 saturated heterocycles. The fourth-order valence-corrected chi connectivity index (χ4v) is 4.00. The number of halogens is 2. The zero-order valence-electron chi connectivity index (χ0n) is 15.3. The number of hydrogen-bond acceptors (Lipinski definition) is 2. The molecule has 3 aromatic rings. The summed E-state index contributed by atoms with van der Waals surface area (Å²) >= 11 is 7.55. The lowest BCUT2D eigenvalue weighted by molar-refractivity contribution is -0.120. The van der Waals surface area contributed by atoms with Gasteiger partial charge in [0.1, 0.15) is 5.82 Å². The molecule has 0 bridgehead atoms. The predicted octanol–water partition coefficient (Wildman–Crippen LogP) is 5.74. The fourth-order valence-electron chi connectivity index (χ4n) is 2.80. The van der Waals surface area contributed by atoms with Gasteiger partial charge in [0.2, 0.25) is 5.91 Å². The van der Waals surface area contributed by atoms with E-state index in [0.717, 1.165) is 16.7 Å². The molecule has 0 unspecified atom stereocenters. The number of hydrogen-bond donors (Lipinski definition) is 1. The largest absolute Gasteiger partial charge is 0.355 e. The van der Waals surface area contributed by atoms with Crippen LogP contribution >= 0.6 is 23.4 Å². The Kier molecular flexibility index (Phi) is 7.52. The summed E-state index contributed by atoms with van der Waals surface area (Å²) < 4.78 is 13.7. The Morgan fingerprint density at radius 1 is 0.929 bits per heavy atom. The molecular weight excluding hydrogens is 393 g/mol. The van der Waals surface area contributed by atoms with Gasteiger partial charge in [-0.3, -0.25) is 4.79 Å². The number of benzene rings is 3. The Morgan fingerprint density at radius 3 is 2.36 bits per heavy atom. The molecule has 0 saturated carbocycles. The van der Waals surface area contributed by atoms with Gasteiger partial charge in [0.15, 0.2) is 0 Å². The lowest BCUT2D eigenvalue weighted by Gasteiger charge is -2.08. The summed E-state index contributed by atoms with van der Waals surface area (Å²) in [6, 6.07) is 22.9. The minimum atomic E-state index is -0.289. The lowest BCUT2D eigenvalue weighted by Crippen LogP contribution is -2.27. The molecule has 5 heteroatoms. The van der Waals surface area contributed by atoms with Gasteiger partial charge in [0, 0.05) is 28.6 Å². The van der Waals surface area contributed by atoms with Crippen molar-refractivity contribution in [2.24, 2.45) is 0 Å². The molecule has 3 aromatic carbocycles. The summed E-state index contributed by atoms with van der Waals surface area (Å²) in [5, 5.41) is 3.35. The van der Waals surface area contributed by atoms with Gasteiger partial charge in [-0.25, -0.2) is 4.39 Å². The standard InChI is InChI=1S/C23H21ClFNOS/c24-21-7-4-8-22(25)20(21)16-28-14-13-26-23(27)15-17-9-11-19(12-10-17)18-5-2-1-3-6-18/h1-12H,13-16H2,(H,26,27). The molecule has 0 fully saturated rings. The monoisotopic (exact) mass is 413 g/mol. The van der Waals surface area contributed by atoms with E-state index in [1.54, 1.807) is 23.9 Å². The molecule has 2 nitrogen and oxygen atoms in total. The van der Waals surface area contributed by atoms with Crippen LogP contribution < -0.4 is 5.32 Å². The van der Waals surface area contributed by atoms with Gasteiger partial charge in [0.25, 0.3) is 0 Å². The molecule has 0 heterocycles. The van der Waals surface area contributed by atoms with E-state index in [9.17, 15) is 9.18 Å². The first kappa shape index (κ1) is 20.4. The summed E-state index contributed by atoms with van der Waals surface area (Å²) in [6.07, 6.45) is 0.346. The van der Waals surface area contributed by atoms with Gasteiger partial charge in [-0.05, 0) is 28.8 Å². The number of carbonyl (C=O) groups is 1. The van der Waals surface area contributed by atoms with Crippen molar-refractivity contribution in [3.05, 3.63) is 94.8 Å². The number of amides is 1. The molecule has 0 aliphatic rings. The topological polar surface area (TPSA) is 29.1 Å². The Labute approximate surface area is 174 Å². The van der Waals surface area contributed by atoms with Gasteiger partial charge in [-0.2, -0.15) is 11.8 Å². The van der Waals surface area contributed by atoms with Crippen molar-refractivity contribution in [2.75, 3.05) is 12.3 Å². The third-order valence-corrected chi connectivity index (χ3v) is 5.64. The van der Waals surface area contributed by atoms with Crippen LogP contribution in [0.1, 0.15) is 11.1 Å². The summed E-state index contributed by atoms with van der Waals surface area (Å²) in [7, 11) is 0. The van der Waals surface area contributed by atoms with E-state index in [4.69, 9.17) is 11.6 Å². The second-order valence-electron chi connectivity index (χ2n) is 6.34. The van der Waals surface area contributed by atoms with E-state index in [2.05, 4.69) is 17.4 Å². The maximum Gasteiger partial charge on any atom is 0.224 e. The Hall–Kier alpha value is -2.30. The normalized spacial score (nSPS) is 10.6. The quantitative estimate of drug-likeness (QED) is 0.477. The molecule has 144 valence electrons. The number of carbonyl (C=O) groups excluding carboxylic acids is 1. The molecular formula is C23H21ClFNOS. The first-order chi connectivity index (χ1) is 13.6. The van der Waals surface area contributed by atoms with Crippen LogP contribution in [0.4, 0.5) is 4.39 Å². The molecule has 0 radical (unpaired) electrons. The third-order valence-electron chi connectivity index (χ3n) is 4.30. The minimum Gasteiger partial charge on any atom is -0.355 e. The maximum absolute atomic E-state index is 13.7. The van der Waals surface area contributed by atoms with Crippen LogP contribution in [0.2, 0.25) is 5.02 Å². The van der Waals surface area contributed by atoms with E-state index in [1.807, 2.05) is 42.5 Å². The van der Waals surface area contributed by atoms with E-state index in [-0.39, 0.29) is 11.7 Å². The summed E-state index contributed by atoms with van der Waals surface area (Å²) in [5.41, 5.74) is 3.78. The van der Waals surface area contributed by atoms with E-state index < -0.39 is 0 Å². The van der Waals surface area contributed by atoms with Gasteiger partial charge >= 0.3 is 0 Å². The van der Waals surface area contributed by atoms with Crippen LogP contribution in [0.15, 0.2) is 72.8 Å². The van der Waals surface area contributed by atoms with Crippen molar-refractivity contribution in [1.29, 1.82) is 0 Å². The molecule has 0 aliphatic heterocycles.